The lowest BCUT2D eigenvalue weighted by atomic mass is 10.1. The smallest absolute Gasteiger partial charge is 0.165 e. The Morgan fingerprint density at radius 3 is 2.33 bits per heavy atom. The van der Waals surface area contributed by atoms with Crippen molar-refractivity contribution in [3.8, 4) is 5.75 Å². The van der Waals surface area contributed by atoms with E-state index in [0.717, 1.165) is 5.56 Å². The molecule has 2 aromatic carbocycles. The quantitative estimate of drug-likeness (QED) is 0.730. The number of hydrogen-bond acceptors (Lipinski definition) is 3. The van der Waals surface area contributed by atoms with Gasteiger partial charge < -0.3 is 9.47 Å². The summed E-state index contributed by atoms with van der Waals surface area (Å²) in [7, 11) is 1.57. The first-order chi connectivity index (χ1) is 10.2. The van der Waals surface area contributed by atoms with Crippen LogP contribution >= 0.6 is 0 Å². The van der Waals surface area contributed by atoms with E-state index in [9.17, 15) is 9.18 Å². The summed E-state index contributed by atoms with van der Waals surface area (Å²) >= 11 is 0. The van der Waals surface area contributed by atoms with Gasteiger partial charge in [0.25, 0.3) is 0 Å². The molecule has 0 aliphatic carbocycles. The van der Waals surface area contributed by atoms with E-state index < -0.39 is 0 Å². The highest BCUT2D eigenvalue weighted by Gasteiger charge is 2.05. The lowest BCUT2D eigenvalue weighted by Crippen LogP contribution is -2.03. The van der Waals surface area contributed by atoms with Gasteiger partial charge in [-0.3, -0.25) is 4.79 Å². The molecular weight excluding hydrogens is 271 g/mol. The summed E-state index contributed by atoms with van der Waals surface area (Å²) in [6.45, 7) is 0.777. The van der Waals surface area contributed by atoms with Crippen LogP contribution in [0.4, 0.5) is 4.39 Å². The number of ether oxygens (including phenoxy) is 2. The van der Waals surface area contributed by atoms with Gasteiger partial charge in [0.05, 0.1) is 6.61 Å². The Balaban J connectivity index is 1.90. The summed E-state index contributed by atoms with van der Waals surface area (Å²) in [6.07, 6.45) is 0.367. The molecule has 0 spiro atoms. The molecular formula is C17H17FO3. The molecule has 4 heteroatoms. The lowest BCUT2D eigenvalue weighted by molar-refractivity contribution is 0.0932. The second-order valence-corrected chi connectivity index (χ2v) is 4.61. The number of hydrogen-bond donors (Lipinski definition) is 0. The van der Waals surface area contributed by atoms with Gasteiger partial charge >= 0.3 is 0 Å². The molecule has 0 aliphatic rings. The number of carbonyl (C=O) groups is 1. The van der Waals surface area contributed by atoms with Gasteiger partial charge in [-0.05, 0) is 42.0 Å². The zero-order chi connectivity index (χ0) is 15.1. The maximum absolute atomic E-state index is 12.8. The van der Waals surface area contributed by atoms with Crippen molar-refractivity contribution in [1.82, 2.24) is 0 Å². The Kier molecular flexibility index (Phi) is 5.46. The number of methoxy groups -OCH3 is 1. The number of benzene rings is 2. The van der Waals surface area contributed by atoms with Gasteiger partial charge in [0.15, 0.2) is 5.78 Å². The number of Topliss-reactive ketones (excluding diaryl/α,β-unsaturated/α-hetero) is 1. The molecule has 0 aromatic heterocycles. The van der Waals surface area contributed by atoms with Crippen LogP contribution in [0.2, 0.25) is 0 Å². The van der Waals surface area contributed by atoms with Crippen LogP contribution in [0.1, 0.15) is 22.3 Å². The van der Waals surface area contributed by atoms with Crippen LogP contribution in [-0.4, -0.2) is 19.5 Å². The highest BCUT2D eigenvalue weighted by atomic mass is 19.1. The van der Waals surface area contributed by atoms with Gasteiger partial charge in [0, 0.05) is 19.1 Å². The molecule has 0 radical (unpaired) electrons. The largest absolute Gasteiger partial charge is 0.489 e. The van der Waals surface area contributed by atoms with Crippen molar-refractivity contribution in [2.24, 2.45) is 0 Å². The van der Waals surface area contributed by atoms with Gasteiger partial charge in [0.2, 0.25) is 0 Å². The van der Waals surface area contributed by atoms with Gasteiger partial charge in [-0.15, -0.1) is 0 Å². The Morgan fingerprint density at radius 1 is 1.05 bits per heavy atom. The maximum atomic E-state index is 12.8. The third kappa shape index (κ3) is 4.68. The van der Waals surface area contributed by atoms with Crippen LogP contribution in [0.15, 0.2) is 48.5 Å². The van der Waals surface area contributed by atoms with E-state index in [4.69, 9.17) is 9.47 Å². The van der Waals surface area contributed by atoms with Crippen molar-refractivity contribution in [3.05, 3.63) is 65.5 Å². The predicted molar refractivity (Wildman–Crippen MR) is 78.0 cm³/mol. The van der Waals surface area contributed by atoms with E-state index >= 15 is 0 Å². The number of halogens is 1. The molecule has 110 valence electrons. The second-order valence-electron chi connectivity index (χ2n) is 4.61. The van der Waals surface area contributed by atoms with E-state index in [0.29, 0.717) is 30.9 Å². The third-order valence-electron chi connectivity index (χ3n) is 3.03. The fraction of sp³-hybridized carbons (Fsp3) is 0.235. The molecule has 0 atom stereocenters. The van der Waals surface area contributed by atoms with Gasteiger partial charge in [-0.25, -0.2) is 4.39 Å². The first kappa shape index (κ1) is 15.2. The topological polar surface area (TPSA) is 35.5 Å². The van der Waals surface area contributed by atoms with Crippen LogP contribution < -0.4 is 4.74 Å². The van der Waals surface area contributed by atoms with Crippen LogP contribution in [0.5, 0.6) is 5.75 Å². The first-order valence-electron chi connectivity index (χ1n) is 6.68. The van der Waals surface area contributed by atoms with Crippen molar-refractivity contribution in [3.63, 3.8) is 0 Å². The normalized spacial score (nSPS) is 10.4. The zero-order valence-corrected chi connectivity index (χ0v) is 11.8. The maximum Gasteiger partial charge on any atom is 0.165 e. The molecule has 0 unspecified atom stereocenters. The van der Waals surface area contributed by atoms with Crippen LogP contribution in [-0.2, 0) is 11.3 Å². The molecule has 21 heavy (non-hydrogen) atoms. The second kappa shape index (κ2) is 7.55. The minimum absolute atomic E-state index is 0.0435. The fourth-order valence-corrected chi connectivity index (χ4v) is 1.82. The first-order valence-corrected chi connectivity index (χ1v) is 6.68. The number of carbonyl (C=O) groups excluding carboxylic acids is 1. The number of ketones is 1. The Bertz CT molecular complexity index is 576. The molecule has 0 fully saturated rings. The Morgan fingerprint density at radius 2 is 1.71 bits per heavy atom. The van der Waals surface area contributed by atoms with Crippen molar-refractivity contribution < 1.29 is 18.7 Å². The van der Waals surface area contributed by atoms with Crippen LogP contribution in [0.3, 0.4) is 0 Å². The van der Waals surface area contributed by atoms with E-state index in [2.05, 4.69) is 0 Å². The summed E-state index contributed by atoms with van der Waals surface area (Å²) < 4.78 is 23.2. The molecule has 0 amide bonds. The predicted octanol–water partition coefficient (Wildman–Crippen LogP) is 3.62. The molecule has 0 bridgehead atoms. The van der Waals surface area contributed by atoms with Crippen molar-refractivity contribution in [2.45, 2.75) is 13.0 Å². The molecule has 2 aromatic rings. The molecule has 2 rings (SSSR count). The molecule has 0 saturated carbocycles. The summed E-state index contributed by atoms with van der Waals surface area (Å²) in [6, 6.07) is 13.1. The van der Waals surface area contributed by atoms with Crippen LogP contribution in [0, 0.1) is 5.82 Å². The monoisotopic (exact) mass is 288 g/mol. The minimum Gasteiger partial charge on any atom is -0.489 e. The zero-order valence-electron chi connectivity index (χ0n) is 11.8. The average molecular weight is 288 g/mol. The van der Waals surface area contributed by atoms with E-state index in [-0.39, 0.29) is 11.6 Å². The van der Waals surface area contributed by atoms with E-state index in [1.54, 1.807) is 43.5 Å². The molecule has 3 nitrogen and oxygen atoms in total. The highest BCUT2D eigenvalue weighted by molar-refractivity contribution is 5.96. The summed E-state index contributed by atoms with van der Waals surface area (Å²) in [4.78, 5) is 11.8. The third-order valence-corrected chi connectivity index (χ3v) is 3.03. The average Bonchev–Trinajstić information content (AvgIpc) is 2.52. The number of rotatable bonds is 7. The van der Waals surface area contributed by atoms with Crippen LogP contribution in [0.25, 0.3) is 0 Å². The Labute approximate surface area is 123 Å². The molecule has 0 heterocycles. The van der Waals surface area contributed by atoms with Gasteiger partial charge in [0.1, 0.15) is 18.2 Å². The molecule has 0 N–H and O–H groups in total. The summed E-state index contributed by atoms with van der Waals surface area (Å²) in [5.74, 6) is 0.447. The van der Waals surface area contributed by atoms with Gasteiger partial charge in [-0.1, -0.05) is 12.1 Å². The minimum atomic E-state index is -0.266. The van der Waals surface area contributed by atoms with E-state index in [1.807, 2.05) is 0 Å². The van der Waals surface area contributed by atoms with Gasteiger partial charge in [-0.2, -0.15) is 0 Å². The highest BCUT2D eigenvalue weighted by Crippen LogP contribution is 2.15. The lowest BCUT2D eigenvalue weighted by Gasteiger charge is -2.07. The summed E-state index contributed by atoms with van der Waals surface area (Å²) in [5, 5.41) is 0. The Hall–Kier alpha value is -2.20. The van der Waals surface area contributed by atoms with Crippen molar-refractivity contribution >= 4 is 5.78 Å². The fourth-order valence-electron chi connectivity index (χ4n) is 1.82. The summed E-state index contributed by atoms with van der Waals surface area (Å²) in [5.41, 5.74) is 1.53. The molecule has 0 saturated heterocycles. The SMILES string of the molecule is COCCC(=O)c1ccc(OCc2ccc(F)cc2)cc1. The van der Waals surface area contributed by atoms with E-state index in [1.165, 1.54) is 12.1 Å². The molecule has 0 aliphatic heterocycles. The standard InChI is InChI=1S/C17H17FO3/c1-20-11-10-17(19)14-4-8-16(9-5-14)21-12-13-2-6-15(18)7-3-13/h2-9H,10-12H2,1H3. The van der Waals surface area contributed by atoms with Crippen molar-refractivity contribution in [1.29, 1.82) is 0 Å². The van der Waals surface area contributed by atoms with Crippen molar-refractivity contribution in [2.75, 3.05) is 13.7 Å².